The van der Waals surface area contributed by atoms with Crippen LogP contribution in [0.4, 0.5) is 5.69 Å². The number of rotatable bonds is 4. The Balaban J connectivity index is 1.77. The molecule has 4 heteroatoms. The molecule has 0 unspecified atom stereocenters. The molecule has 1 heterocycles. The van der Waals surface area contributed by atoms with Gasteiger partial charge < -0.3 is 9.88 Å². The first-order chi connectivity index (χ1) is 10.2. The molecule has 0 saturated heterocycles. The summed E-state index contributed by atoms with van der Waals surface area (Å²) in [5.41, 5.74) is 3.94. The van der Waals surface area contributed by atoms with E-state index in [1.165, 1.54) is 11.8 Å². The van der Waals surface area contributed by atoms with Gasteiger partial charge in [-0.2, -0.15) is 0 Å². The minimum absolute atomic E-state index is 0.0700. The minimum Gasteiger partial charge on any atom is -0.383 e. The highest BCUT2D eigenvalue weighted by Gasteiger charge is 2.03. The number of hydrogen-bond acceptors (Lipinski definition) is 3. The summed E-state index contributed by atoms with van der Waals surface area (Å²) in [6, 6.07) is 15.9. The predicted octanol–water partition coefficient (Wildman–Crippen LogP) is 2.82. The third-order valence-corrected chi connectivity index (χ3v) is 3.47. The number of nitrogens with one attached hydrogen (secondary N) is 1. The van der Waals surface area contributed by atoms with Crippen LogP contribution in [0, 0.1) is 6.92 Å². The number of aromatic nitrogens is 2. The third kappa shape index (κ3) is 2.94. The monoisotopic (exact) mass is 279 g/mol. The van der Waals surface area contributed by atoms with Crippen molar-refractivity contribution in [3.8, 4) is 0 Å². The molecule has 0 aliphatic rings. The average molecular weight is 279 g/mol. The van der Waals surface area contributed by atoms with Gasteiger partial charge in [0, 0.05) is 18.8 Å². The number of aryl methyl sites for hydroxylation is 1. The highest BCUT2D eigenvalue weighted by molar-refractivity contribution is 5.74. The van der Waals surface area contributed by atoms with Crippen LogP contribution in [0.25, 0.3) is 11.0 Å². The van der Waals surface area contributed by atoms with Gasteiger partial charge in [0.05, 0.1) is 17.2 Å². The topological polar surface area (TPSA) is 46.9 Å². The maximum absolute atomic E-state index is 12.0. The molecule has 106 valence electrons. The SMILES string of the molecule is Cc1ccc(NCCn2c(=O)cnc3ccccc32)cc1. The van der Waals surface area contributed by atoms with Crippen LogP contribution < -0.4 is 10.9 Å². The molecule has 0 saturated carbocycles. The van der Waals surface area contributed by atoms with Crippen LogP contribution >= 0.6 is 0 Å². The van der Waals surface area contributed by atoms with Crippen molar-refractivity contribution < 1.29 is 0 Å². The fourth-order valence-electron chi connectivity index (χ4n) is 2.33. The van der Waals surface area contributed by atoms with Gasteiger partial charge in [-0.25, -0.2) is 4.98 Å². The zero-order valence-corrected chi connectivity index (χ0v) is 11.9. The van der Waals surface area contributed by atoms with Gasteiger partial charge in [-0.1, -0.05) is 29.8 Å². The van der Waals surface area contributed by atoms with E-state index in [-0.39, 0.29) is 5.56 Å². The molecule has 0 atom stereocenters. The van der Waals surface area contributed by atoms with Crippen molar-refractivity contribution >= 4 is 16.7 Å². The molecule has 0 fully saturated rings. The number of fused-ring (bicyclic) bond motifs is 1. The van der Waals surface area contributed by atoms with Crippen LogP contribution in [0.3, 0.4) is 0 Å². The fraction of sp³-hybridized carbons (Fsp3) is 0.176. The number of para-hydroxylation sites is 2. The van der Waals surface area contributed by atoms with Gasteiger partial charge in [0.15, 0.2) is 0 Å². The number of hydrogen-bond donors (Lipinski definition) is 1. The Hall–Kier alpha value is -2.62. The molecule has 3 rings (SSSR count). The third-order valence-electron chi connectivity index (χ3n) is 3.47. The summed E-state index contributed by atoms with van der Waals surface area (Å²) in [6.45, 7) is 3.36. The second kappa shape index (κ2) is 5.79. The van der Waals surface area contributed by atoms with Gasteiger partial charge in [0.25, 0.3) is 5.56 Å². The predicted molar refractivity (Wildman–Crippen MR) is 85.7 cm³/mol. The lowest BCUT2D eigenvalue weighted by atomic mass is 10.2. The summed E-state index contributed by atoms with van der Waals surface area (Å²) in [5.74, 6) is 0. The standard InChI is InChI=1S/C17H17N3O/c1-13-6-8-14(9-7-13)18-10-11-20-16-5-3-2-4-15(16)19-12-17(20)21/h2-9,12,18H,10-11H2,1H3. The molecule has 0 spiro atoms. The Morgan fingerprint density at radius 1 is 1.10 bits per heavy atom. The number of nitrogens with zero attached hydrogens (tertiary/aromatic N) is 2. The Morgan fingerprint density at radius 3 is 2.67 bits per heavy atom. The first-order valence-corrected chi connectivity index (χ1v) is 6.99. The van der Waals surface area contributed by atoms with E-state index in [2.05, 4.69) is 29.4 Å². The van der Waals surface area contributed by atoms with Crippen LogP contribution in [0.15, 0.2) is 59.5 Å². The second-order valence-corrected chi connectivity index (χ2v) is 5.03. The quantitative estimate of drug-likeness (QED) is 0.799. The minimum atomic E-state index is -0.0700. The van der Waals surface area contributed by atoms with E-state index in [1.807, 2.05) is 36.4 Å². The normalized spacial score (nSPS) is 10.7. The van der Waals surface area contributed by atoms with Gasteiger partial charge >= 0.3 is 0 Å². The Kier molecular flexibility index (Phi) is 3.69. The summed E-state index contributed by atoms with van der Waals surface area (Å²) < 4.78 is 1.75. The second-order valence-electron chi connectivity index (χ2n) is 5.03. The lowest BCUT2D eigenvalue weighted by Crippen LogP contribution is -2.24. The molecule has 0 bridgehead atoms. The summed E-state index contributed by atoms with van der Waals surface area (Å²) in [7, 11) is 0. The molecule has 3 aromatic rings. The molecule has 0 radical (unpaired) electrons. The van der Waals surface area contributed by atoms with Crippen molar-refractivity contribution in [3.05, 3.63) is 70.6 Å². The molecule has 0 aliphatic carbocycles. The molecular formula is C17H17N3O. The summed E-state index contributed by atoms with van der Waals surface area (Å²) >= 11 is 0. The van der Waals surface area contributed by atoms with Gasteiger partial charge in [-0.05, 0) is 31.2 Å². The number of benzene rings is 2. The molecule has 0 aliphatic heterocycles. The smallest absolute Gasteiger partial charge is 0.269 e. The number of anilines is 1. The van der Waals surface area contributed by atoms with Crippen LogP contribution in [0.2, 0.25) is 0 Å². The van der Waals surface area contributed by atoms with Crippen LogP contribution in [-0.4, -0.2) is 16.1 Å². The van der Waals surface area contributed by atoms with Crippen molar-refractivity contribution in [2.75, 3.05) is 11.9 Å². The Bertz CT molecular complexity index is 806. The van der Waals surface area contributed by atoms with E-state index in [4.69, 9.17) is 0 Å². The van der Waals surface area contributed by atoms with E-state index in [9.17, 15) is 4.79 Å². The van der Waals surface area contributed by atoms with Crippen molar-refractivity contribution in [1.29, 1.82) is 0 Å². The van der Waals surface area contributed by atoms with E-state index >= 15 is 0 Å². The van der Waals surface area contributed by atoms with Crippen LogP contribution in [0.1, 0.15) is 5.56 Å². The molecular weight excluding hydrogens is 262 g/mol. The first-order valence-electron chi connectivity index (χ1n) is 6.99. The zero-order chi connectivity index (χ0) is 14.7. The average Bonchev–Trinajstić information content (AvgIpc) is 2.51. The van der Waals surface area contributed by atoms with Crippen molar-refractivity contribution in [1.82, 2.24) is 9.55 Å². The summed E-state index contributed by atoms with van der Waals surface area (Å²) in [5, 5.41) is 3.33. The summed E-state index contributed by atoms with van der Waals surface area (Å²) in [6.07, 6.45) is 1.38. The first kappa shape index (κ1) is 13.4. The van der Waals surface area contributed by atoms with Gasteiger partial charge in [0.2, 0.25) is 0 Å². The van der Waals surface area contributed by atoms with Crippen LogP contribution in [0.5, 0.6) is 0 Å². The highest BCUT2D eigenvalue weighted by atomic mass is 16.1. The highest BCUT2D eigenvalue weighted by Crippen LogP contribution is 2.10. The molecule has 0 amide bonds. The van der Waals surface area contributed by atoms with E-state index in [0.29, 0.717) is 13.1 Å². The van der Waals surface area contributed by atoms with E-state index in [1.54, 1.807) is 4.57 Å². The maximum atomic E-state index is 12.0. The lowest BCUT2D eigenvalue weighted by molar-refractivity contribution is 0.721. The molecule has 1 aromatic heterocycles. The molecule has 21 heavy (non-hydrogen) atoms. The van der Waals surface area contributed by atoms with E-state index in [0.717, 1.165) is 16.7 Å². The Morgan fingerprint density at radius 2 is 1.86 bits per heavy atom. The largest absolute Gasteiger partial charge is 0.383 e. The van der Waals surface area contributed by atoms with Gasteiger partial charge in [-0.15, -0.1) is 0 Å². The summed E-state index contributed by atoms with van der Waals surface area (Å²) in [4.78, 5) is 16.2. The fourth-order valence-corrected chi connectivity index (χ4v) is 2.33. The zero-order valence-electron chi connectivity index (χ0n) is 11.9. The van der Waals surface area contributed by atoms with Crippen molar-refractivity contribution in [2.24, 2.45) is 0 Å². The van der Waals surface area contributed by atoms with Gasteiger partial charge in [0.1, 0.15) is 0 Å². The molecule has 1 N–H and O–H groups in total. The van der Waals surface area contributed by atoms with E-state index < -0.39 is 0 Å². The molecule has 2 aromatic carbocycles. The van der Waals surface area contributed by atoms with Crippen LogP contribution in [-0.2, 0) is 6.54 Å². The van der Waals surface area contributed by atoms with Gasteiger partial charge in [-0.3, -0.25) is 4.79 Å². The van der Waals surface area contributed by atoms with Crippen molar-refractivity contribution in [3.63, 3.8) is 0 Å². The molecule has 4 nitrogen and oxygen atoms in total. The lowest BCUT2D eigenvalue weighted by Gasteiger charge is -2.11. The van der Waals surface area contributed by atoms with Crippen molar-refractivity contribution in [2.45, 2.75) is 13.5 Å². The maximum Gasteiger partial charge on any atom is 0.269 e. The Labute approximate surface area is 123 Å².